The second kappa shape index (κ2) is 7.28. The molecule has 5 heteroatoms. The van der Waals surface area contributed by atoms with Gasteiger partial charge in [-0.25, -0.2) is 4.68 Å². The Hall–Kier alpha value is -1.98. The van der Waals surface area contributed by atoms with Crippen molar-refractivity contribution in [3.05, 3.63) is 62.1 Å². The highest BCUT2D eigenvalue weighted by Crippen LogP contribution is 2.25. The summed E-state index contributed by atoms with van der Waals surface area (Å²) in [5, 5.41) is 9.00. The van der Waals surface area contributed by atoms with Crippen molar-refractivity contribution in [3.8, 4) is 10.6 Å². The third kappa shape index (κ3) is 3.42. The standard InChI is InChI=1S/C19H21N3S2/c1-5-20-19-22(17(12-24-19)18-7-6-8-23-18)21-11-16-14(3)9-13(2)10-15(16)4/h6-12H,5H2,1-4H3. The topological polar surface area (TPSA) is 29.6 Å². The number of thiazole rings is 1. The SMILES string of the molecule is CCN=c1scc(-c2cccs2)n1N=Cc1c(C)cc(C)cc1C. The number of rotatable bonds is 4. The highest BCUT2D eigenvalue weighted by molar-refractivity contribution is 7.14. The maximum absolute atomic E-state index is 4.78. The molecule has 0 aliphatic rings. The first-order valence-corrected chi connectivity index (χ1v) is 9.73. The van der Waals surface area contributed by atoms with E-state index in [4.69, 9.17) is 5.10 Å². The van der Waals surface area contributed by atoms with Gasteiger partial charge in [0.2, 0.25) is 4.80 Å². The average Bonchev–Trinajstić information content (AvgIpc) is 3.16. The fraction of sp³-hybridized carbons (Fsp3) is 0.263. The lowest BCUT2D eigenvalue weighted by Gasteiger charge is -2.07. The van der Waals surface area contributed by atoms with Crippen LogP contribution in [0.5, 0.6) is 0 Å². The smallest absolute Gasteiger partial charge is 0.206 e. The first-order chi connectivity index (χ1) is 11.6. The third-order valence-electron chi connectivity index (χ3n) is 3.79. The zero-order valence-corrected chi connectivity index (χ0v) is 16.0. The van der Waals surface area contributed by atoms with Gasteiger partial charge in [0.1, 0.15) is 0 Å². The minimum absolute atomic E-state index is 0.752. The van der Waals surface area contributed by atoms with Gasteiger partial charge in [0, 0.05) is 17.5 Å². The Bertz CT molecular complexity index is 905. The van der Waals surface area contributed by atoms with Gasteiger partial charge >= 0.3 is 0 Å². The van der Waals surface area contributed by atoms with E-state index in [0.717, 1.165) is 17.0 Å². The monoisotopic (exact) mass is 355 g/mol. The number of nitrogens with zero attached hydrogens (tertiary/aromatic N) is 3. The van der Waals surface area contributed by atoms with Crippen LogP contribution >= 0.6 is 22.7 Å². The van der Waals surface area contributed by atoms with Crippen molar-refractivity contribution in [1.29, 1.82) is 0 Å². The molecule has 3 aromatic rings. The molecule has 24 heavy (non-hydrogen) atoms. The zero-order valence-electron chi connectivity index (χ0n) is 14.4. The Labute approximate surface area is 150 Å². The summed E-state index contributed by atoms with van der Waals surface area (Å²) in [4.78, 5) is 6.72. The lowest BCUT2D eigenvalue weighted by molar-refractivity contribution is 0.834. The molecule has 2 heterocycles. The summed E-state index contributed by atoms with van der Waals surface area (Å²) in [6.07, 6.45) is 1.96. The second-order valence-corrected chi connectivity index (χ2v) is 7.51. The zero-order chi connectivity index (χ0) is 17.1. The van der Waals surface area contributed by atoms with E-state index in [0.29, 0.717) is 0 Å². The van der Waals surface area contributed by atoms with Crippen LogP contribution in [0.15, 0.2) is 45.1 Å². The van der Waals surface area contributed by atoms with Gasteiger partial charge in [0.25, 0.3) is 0 Å². The van der Waals surface area contributed by atoms with Crippen molar-refractivity contribution in [2.24, 2.45) is 10.1 Å². The molecule has 124 valence electrons. The van der Waals surface area contributed by atoms with E-state index in [-0.39, 0.29) is 0 Å². The van der Waals surface area contributed by atoms with E-state index >= 15 is 0 Å². The minimum atomic E-state index is 0.752. The maximum Gasteiger partial charge on any atom is 0.206 e. The predicted octanol–water partition coefficient (Wildman–Crippen LogP) is 5.01. The van der Waals surface area contributed by atoms with Gasteiger partial charge in [0.15, 0.2) is 0 Å². The number of hydrogen-bond acceptors (Lipinski definition) is 4. The van der Waals surface area contributed by atoms with Gasteiger partial charge in [-0.05, 0) is 50.3 Å². The van der Waals surface area contributed by atoms with Gasteiger partial charge in [0.05, 0.1) is 16.8 Å². The van der Waals surface area contributed by atoms with Gasteiger partial charge in [-0.1, -0.05) is 23.8 Å². The molecule has 0 N–H and O–H groups in total. The first kappa shape index (κ1) is 16.9. The summed E-state index contributed by atoms with van der Waals surface area (Å²) in [5.74, 6) is 0. The van der Waals surface area contributed by atoms with Crippen molar-refractivity contribution in [2.45, 2.75) is 27.7 Å². The molecular weight excluding hydrogens is 334 g/mol. The maximum atomic E-state index is 4.78. The molecule has 0 spiro atoms. The largest absolute Gasteiger partial charge is 0.258 e. The Morgan fingerprint density at radius 1 is 1.12 bits per heavy atom. The van der Waals surface area contributed by atoms with Gasteiger partial charge in [-0.2, -0.15) is 5.10 Å². The Kier molecular flexibility index (Phi) is 5.11. The fourth-order valence-electron chi connectivity index (χ4n) is 2.76. The Morgan fingerprint density at radius 3 is 2.50 bits per heavy atom. The van der Waals surface area contributed by atoms with Crippen LogP contribution in [0.2, 0.25) is 0 Å². The van der Waals surface area contributed by atoms with E-state index in [1.807, 2.05) is 17.8 Å². The van der Waals surface area contributed by atoms with Crippen molar-refractivity contribution in [1.82, 2.24) is 4.68 Å². The summed E-state index contributed by atoms with van der Waals surface area (Å²) in [6.45, 7) is 9.20. The van der Waals surface area contributed by atoms with Crippen LogP contribution in [0.1, 0.15) is 29.2 Å². The summed E-state index contributed by atoms with van der Waals surface area (Å²) in [5.41, 5.74) is 6.06. The minimum Gasteiger partial charge on any atom is -0.258 e. The highest BCUT2D eigenvalue weighted by Gasteiger charge is 2.08. The van der Waals surface area contributed by atoms with E-state index in [1.54, 1.807) is 22.7 Å². The van der Waals surface area contributed by atoms with Crippen LogP contribution in [0.4, 0.5) is 0 Å². The molecule has 0 fully saturated rings. The van der Waals surface area contributed by atoms with Crippen molar-refractivity contribution < 1.29 is 0 Å². The molecule has 0 radical (unpaired) electrons. The summed E-state index contributed by atoms with van der Waals surface area (Å²) in [6, 6.07) is 8.59. The van der Waals surface area contributed by atoms with Gasteiger partial charge in [-0.15, -0.1) is 22.7 Å². The molecule has 1 aromatic carbocycles. The summed E-state index contributed by atoms with van der Waals surface area (Å²) >= 11 is 3.36. The van der Waals surface area contributed by atoms with Gasteiger partial charge < -0.3 is 0 Å². The number of aromatic nitrogens is 1. The van der Waals surface area contributed by atoms with Crippen molar-refractivity contribution in [3.63, 3.8) is 0 Å². The van der Waals surface area contributed by atoms with Crippen molar-refractivity contribution in [2.75, 3.05) is 6.54 Å². The number of aryl methyl sites for hydroxylation is 3. The number of hydrogen-bond donors (Lipinski definition) is 0. The Balaban J connectivity index is 2.10. The van der Waals surface area contributed by atoms with Crippen LogP contribution in [-0.4, -0.2) is 17.4 Å². The molecule has 0 saturated carbocycles. The van der Waals surface area contributed by atoms with E-state index < -0.39 is 0 Å². The molecule has 0 aliphatic carbocycles. The van der Waals surface area contributed by atoms with E-state index in [9.17, 15) is 0 Å². The molecule has 0 bridgehead atoms. The quantitative estimate of drug-likeness (QED) is 0.589. The lowest BCUT2D eigenvalue weighted by atomic mass is 10.0. The normalized spacial score (nSPS) is 12.4. The molecule has 0 amide bonds. The fourth-order valence-corrected chi connectivity index (χ4v) is 4.45. The molecular formula is C19H21N3S2. The molecule has 0 unspecified atom stereocenters. The molecule has 3 nitrogen and oxygen atoms in total. The van der Waals surface area contributed by atoms with Crippen LogP contribution in [0.3, 0.4) is 0 Å². The van der Waals surface area contributed by atoms with Gasteiger partial charge in [-0.3, -0.25) is 4.99 Å². The first-order valence-electron chi connectivity index (χ1n) is 7.97. The average molecular weight is 356 g/mol. The summed E-state index contributed by atoms with van der Waals surface area (Å²) in [7, 11) is 0. The van der Waals surface area contributed by atoms with Crippen LogP contribution in [0.25, 0.3) is 10.6 Å². The number of benzene rings is 1. The van der Waals surface area contributed by atoms with E-state index in [1.165, 1.54) is 27.1 Å². The lowest BCUT2D eigenvalue weighted by Crippen LogP contribution is -2.12. The molecule has 2 aromatic heterocycles. The molecule has 0 saturated heterocycles. The second-order valence-electron chi connectivity index (χ2n) is 5.72. The van der Waals surface area contributed by atoms with E-state index in [2.05, 4.69) is 60.8 Å². The molecule has 0 aliphatic heterocycles. The Morgan fingerprint density at radius 2 is 1.88 bits per heavy atom. The van der Waals surface area contributed by atoms with Crippen LogP contribution < -0.4 is 4.80 Å². The van der Waals surface area contributed by atoms with Crippen LogP contribution in [-0.2, 0) is 0 Å². The predicted molar refractivity (Wildman–Crippen MR) is 105 cm³/mol. The number of thiophene rings is 1. The molecule has 0 atom stereocenters. The third-order valence-corrected chi connectivity index (χ3v) is 5.54. The van der Waals surface area contributed by atoms with Crippen molar-refractivity contribution >= 4 is 28.9 Å². The summed E-state index contributed by atoms with van der Waals surface area (Å²) < 4.78 is 1.96. The van der Waals surface area contributed by atoms with Crippen LogP contribution in [0, 0.1) is 20.8 Å². The highest BCUT2D eigenvalue weighted by atomic mass is 32.1. The molecule has 3 rings (SSSR count).